The highest BCUT2D eigenvalue weighted by atomic mass is 35.5. The van der Waals surface area contributed by atoms with Crippen molar-refractivity contribution in [1.82, 2.24) is 10.3 Å². The lowest BCUT2D eigenvalue weighted by Gasteiger charge is -2.36. The quantitative estimate of drug-likeness (QED) is 0.926. The minimum atomic E-state index is 0.0671. The second-order valence-electron chi connectivity index (χ2n) is 6.57. The molecule has 5 heteroatoms. The summed E-state index contributed by atoms with van der Waals surface area (Å²) in [6, 6.07) is 2.51. The van der Waals surface area contributed by atoms with Gasteiger partial charge in [-0.25, -0.2) is 4.98 Å². The lowest BCUT2D eigenvalue weighted by Crippen LogP contribution is -2.45. The van der Waals surface area contributed by atoms with Gasteiger partial charge in [0, 0.05) is 24.8 Å². The molecule has 0 saturated carbocycles. The van der Waals surface area contributed by atoms with E-state index in [2.05, 4.69) is 49.0 Å². The van der Waals surface area contributed by atoms with E-state index in [9.17, 15) is 0 Å². The van der Waals surface area contributed by atoms with Crippen LogP contribution in [0, 0.1) is 0 Å². The summed E-state index contributed by atoms with van der Waals surface area (Å²) in [7, 11) is 0. The van der Waals surface area contributed by atoms with Crippen LogP contribution in [0.15, 0.2) is 12.3 Å². The molecular weight excluding hydrogens is 286 g/mol. The smallest absolute Gasteiger partial charge is 0.129 e. The molecular formula is C16H26ClN3O. The van der Waals surface area contributed by atoms with E-state index in [1.165, 1.54) is 0 Å². The van der Waals surface area contributed by atoms with Crippen LogP contribution in [0.4, 0.5) is 5.82 Å². The molecule has 0 aliphatic carbocycles. The number of nitrogens with zero attached hydrogens (tertiary/aromatic N) is 2. The lowest BCUT2D eigenvalue weighted by atomic mass is 10.1. The van der Waals surface area contributed by atoms with Gasteiger partial charge in [0.1, 0.15) is 5.82 Å². The molecule has 21 heavy (non-hydrogen) atoms. The molecule has 1 atom stereocenters. The maximum atomic E-state index is 6.29. The van der Waals surface area contributed by atoms with Gasteiger partial charge in [0.05, 0.1) is 24.3 Å². The van der Waals surface area contributed by atoms with Crippen LogP contribution in [0.25, 0.3) is 0 Å². The first kappa shape index (κ1) is 16.5. The first-order valence-corrected chi connectivity index (χ1v) is 8.02. The average molecular weight is 312 g/mol. The number of anilines is 1. The van der Waals surface area contributed by atoms with Crippen LogP contribution in [-0.2, 0) is 11.3 Å². The normalized spacial score (nSPS) is 19.9. The molecule has 4 nitrogen and oxygen atoms in total. The Hall–Kier alpha value is -0.840. The van der Waals surface area contributed by atoms with E-state index in [0.29, 0.717) is 6.04 Å². The zero-order valence-electron chi connectivity index (χ0n) is 13.4. The number of aromatic nitrogens is 1. The van der Waals surface area contributed by atoms with Gasteiger partial charge in [-0.1, -0.05) is 18.5 Å². The number of rotatable bonds is 4. The van der Waals surface area contributed by atoms with Crippen molar-refractivity contribution in [2.24, 2.45) is 0 Å². The Balaban J connectivity index is 2.17. The largest absolute Gasteiger partial charge is 0.377 e. The number of hydrogen-bond acceptors (Lipinski definition) is 4. The summed E-state index contributed by atoms with van der Waals surface area (Å²) in [6.07, 6.45) is 2.82. The molecule has 2 heterocycles. The summed E-state index contributed by atoms with van der Waals surface area (Å²) in [5, 5.41) is 4.20. The maximum Gasteiger partial charge on any atom is 0.129 e. The van der Waals surface area contributed by atoms with Crippen LogP contribution in [0.3, 0.4) is 0 Å². The van der Waals surface area contributed by atoms with Gasteiger partial charge in [0.25, 0.3) is 0 Å². The molecule has 1 aromatic heterocycles. The number of hydrogen-bond donors (Lipinski definition) is 1. The van der Waals surface area contributed by atoms with Crippen LogP contribution >= 0.6 is 11.6 Å². The summed E-state index contributed by atoms with van der Waals surface area (Å²) in [5.74, 6) is 1.00. The van der Waals surface area contributed by atoms with Crippen LogP contribution < -0.4 is 10.2 Å². The van der Waals surface area contributed by atoms with Gasteiger partial charge in [-0.2, -0.15) is 0 Å². The summed E-state index contributed by atoms with van der Waals surface area (Å²) in [4.78, 5) is 6.85. The molecule has 0 spiro atoms. The molecule has 0 amide bonds. The Labute approximate surface area is 132 Å². The molecule has 0 radical (unpaired) electrons. The third kappa shape index (κ3) is 4.56. The van der Waals surface area contributed by atoms with E-state index in [0.717, 1.165) is 49.1 Å². The van der Waals surface area contributed by atoms with Gasteiger partial charge in [0.15, 0.2) is 0 Å². The van der Waals surface area contributed by atoms with E-state index in [4.69, 9.17) is 16.3 Å². The molecule has 0 aromatic carbocycles. The number of morpholine rings is 1. The topological polar surface area (TPSA) is 37.4 Å². The van der Waals surface area contributed by atoms with E-state index in [1.807, 2.05) is 0 Å². The first-order valence-electron chi connectivity index (χ1n) is 7.64. The van der Waals surface area contributed by atoms with Crippen LogP contribution in [0.5, 0.6) is 0 Å². The second kappa shape index (κ2) is 6.95. The second-order valence-corrected chi connectivity index (χ2v) is 6.98. The van der Waals surface area contributed by atoms with Gasteiger partial charge in [-0.05, 0) is 38.8 Å². The Bertz CT molecular complexity index is 473. The molecule has 2 rings (SSSR count). The number of nitrogens with one attached hydrogen (secondary N) is 1. The maximum absolute atomic E-state index is 6.29. The minimum absolute atomic E-state index is 0.0671. The Morgan fingerprint density at radius 2 is 2.24 bits per heavy atom. The van der Waals surface area contributed by atoms with E-state index in [1.54, 1.807) is 6.20 Å². The van der Waals surface area contributed by atoms with Crippen molar-refractivity contribution in [3.8, 4) is 0 Å². The monoisotopic (exact) mass is 311 g/mol. The molecule has 1 saturated heterocycles. The highest BCUT2D eigenvalue weighted by Crippen LogP contribution is 2.24. The third-order valence-electron chi connectivity index (χ3n) is 3.72. The summed E-state index contributed by atoms with van der Waals surface area (Å²) < 4.78 is 5.56. The highest BCUT2D eigenvalue weighted by molar-refractivity contribution is 6.31. The van der Waals surface area contributed by atoms with Gasteiger partial charge in [0.2, 0.25) is 0 Å². The van der Waals surface area contributed by atoms with Gasteiger partial charge in [-0.15, -0.1) is 0 Å². The van der Waals surface area contributed by atoms with Crippen molar-refractivity contribution in [2.45, 2.75) is 52.2 Å². The number of pyridine rings is 1. The number of halogens is 1. The van der Waals surface area contributed by atoms with Crippen molar-refractivity contribution < 1.29 is 4.74 Å². The zero-order valence-corrected chi connectivity index (χ0v) is 14.2. The van der Waals surface area contributed by atoms with E-state index >= 15 is 0 Å². The highest BCUT2D eigenvalue weighted by Gasteiger charge is 2.23. The van der Waals surface area contributed by atoms with Crippen molar-refractivity contribution in [1.29, 1.82) is 0 Å². The van der Waals surface area contributed by atoms with E-state index in [-0.39, 0.29) is 5.54 Å². The molecule has 1 N–H and O–H groups in total. The van der Waals surface area contributed by atoms with Crippen LogP contribution in [0.1, 0.15) is 39.7 Å². The fourth-order valence-electron chi connectivity index (χ4n) is 2.42. The summed E-state index contributed by atoms with van der Waals surface area (Å²) >= 11 is 6.29. The Morgan fingerprint density at radius 1 is 1.48 bits per heavy atom. The Kier molecular flexibility index (Phi) is 5.47. The minimum Gasteiger partial charge on any atom is -0.377 e. The predicted molar refractivity (Wildman–Crippen MR) is 88.1 cm³/mol. The van der Waals surface area contributed by atoms with Crippen molar-refractivity contribution in [3.63, 3.8) is 0 Å². The molecule has 118 valence electrons. The van der Waals surface area contributed by atoms with Gasteiger partial charge in [-0.3, -0.25) is 0 Å². The zero-order chi connectivity index (χ0) is 15.5. The van der Waals surface area contributed by atoms with E-state index < -0.39 is 0 Å². The van der Waals surface area contributed by atoms with Gasteiger partial charge < -0.3 is 15.0 Å². The summed E-state index contributed by atoms with van der Waals surface area (Å²) in [5.41, 5.74) is 1.16. The first-order chi connectivity index (χ1) is 9.90. The molecule has 1 fully saturated rings. The van der Waals surface area contributed by atoms with Gasteiger partial charge >= 0.3 is 0 Å². The third-order valence-corrected chi connectivity index (χ3v) is 4.06. The molecule has 1 unspecified atom stereocenters. The van der Waals surface area contributed by atoms with Crippen molar-refractivity contribution in [2.75, 3.05) is 24.7 Å². The van der Waals surface area contributed by atoms with Crippen molar-refractivity contribution >= 4 is 17.4 Å². The SMILES string of the molecule is CCC1COCCN1c1cc(CNC(C)(C)C)c(Cl)cn1. The Morgan fingerprint density at radius 3 is 2.90 bits per heavy atom. The fraction of sp³-hybridized carbons (Fsp3) is 0.688. The predicted octanol–water partition coefficient (Wildman–Crippen LogP) is 3.24. The fourth-order valence-corrected chi connectivity index (χ4v) is 2.59. The average Bonchev–Trinajstić information content (AvgIpc) is 2.45. The molecule has 1 aromatic rings. The lowest BCUT2D eigenvalue weighted by molar-refractivity contribution is 0.0925. The van der Waals surface area contributed by atoms with Crippen molar-refractivity contribution in [3.05, 3.63) is 22.8 Å². The molecule has 0 bridgehead atoms. The standard InChI is InChI=1S/C16H26ClN3O/c1-5-13-11-21-7-6-20(13)15-8-12(14(17)10-18-15)9-19-16(2,3)4/h8,10,13,19H,5-7,9,11H2,1-4H3. The van der Waals surface area contributed by atoms with Crippen LogP contribution in [-0.4, -0.2) is 36.3 Å². The molecule has 1 aliphatic rings. The molecule has 1 aliphatic heterocycles. The number of ether oxygens (including phenoxy) is 1. The van der Waals surface area contributed by atoms with Crippen LogP contribution in [0.2, 0.25) is 5.02 Å². The summed E-state index contributed by atoms with van der Waals surface area (Å²) in [6.45, 7) is 11.8.